The van der Waals surface area contributed by atoms with E-state index < -0.39 is 0 Å². The SMILES string of the molecule is CNC1(c2ccc(Cl)c(Br)c2)CC1. The van der Waals surface area contributed by atoms with Gasteiger partial charge in [0.25, 0.3) is 0 Å². The molecule has 13 heavy (non-hydrogen) atoms. The van der Waals surface area contributed by atoms with Crippen LogP contribution in [0, 0.1) is 0 Å². The van der Waals surface area contributed by atoms with E-state index in [9.17, 15) is 0 Å². The van der Waals surface area contributed by atoms with Crippen molar-refractivity contribution < 1.29 is 0 Å². The number of halogens is 2. The van der Waals surface area contributed by atoms with E-state index in [1.807, 2.05) is 13.1 Å². The Hall–Kier alpha value is -0.0500. The molecule has 0 atom stereocenters. The standard InChI is InChI=1S/C10H11BrClN/c1-13-10(4-5-10)7-2-3-9(12)8(11)6-7/h2-3,6,13H,4-5H2,1H3. The molecule has 1 nitrogen and oxygen atoms in total. The smallest absolute Gasteiger partial charge is 0.0548 e. The van der Waals surface area contributed by atoms with Gasteiger partial charge in [0.2, 0.25) is 0 Å². The number of rotatable bonds is 2. The molecule has 0 heterocycles. The lowest BCUT2D eigenvalue weighted by Gasteiger charge is -2.14. The summed E-state index contributed by atoms with van der Waals surface area (Å²) in [6.07, 6.45) is 2.44. The van der Waals surface area contributed by atoms with Gasteiger partial charge in [-0.15, -0.1) is 0 Å². The Bertz CT molecular complexity index is 334. The minimum atomic E-state index is 0.229. The highest BCUT2D eigenvalue weighted by atomic mass is 79.9. The molecule has 1 aliphatic carbocycles. The van der Waals surface area contributed by atoms with Crippen LogP contribution in [0.2, 0.25) is 5.02 Å². The molecular formula is C10H11BrClN. The first-order valence-electron chi connectivity index (χ1n) is 4.32. The number of hydrogen-bond acceptors (Lipinski definition) is 1. The summed E-state index contributed by atoms with van der Waals surface area (Å²) in [6, 6.07) is 6.14. The second-order valence-corrected chi connectivity index (χ2v) is 4.72. The Kier molecular flexibility index (Phi) is 2.39. The summed E-state index contributed by atoms with van der Waals surface area (Å²) in [5.41, 5.74) is 1.55. The van der Waals surface area contributed by atoms with Gasteiger partial charge < -0.3 is 5.32 Å². The molecule has 0 aliphatic heterocycles. The molecular weight excluding hydrogens is 249 g/mol. The third kappa shape index (κ3) is 1.63. The molecule has 70 valence electrons. The Morgan fingerprint density at radius 3 is 2.62 bits per heavy atom. The fourth-order valence-corrected chi connectivity index (χ4v) is 2.10. The van der Waals surface area contributed by atoms with E-state index in [2.05, 4.69) is 33.4 Å². The van der Waals surface area contributed by atoms with Crippen LogP contribution < -0.4 is 5.32 Å². The zero-order chi connectivity index (χ0) is 9.47. The monoisotopic (exact) mass is 259 g/mol. The largest absolute Gasteiger partial charge is 0.310 e. The van der Waals surface area contributed by atoms with Crippen LogP contribution in [-0.2, 0) is 5.54 Å². The second kappa shape index (κ2) is 3.26. The van der Waals surface area contributed by atoms with Crippen LogP contribution in [0.1, 0.15) is 18.4 Å². The van der Waals surface area contributed by atoms with Gasteiger partial charge in [-0.05, 0) is 53.5 Å². The molecule has 1 aliphatic rings. The van der Waals surface area contributed by atoms with Gasteiger partial charge in [0.15, 0.2) is 0 Å². The average Bonchev–Trinajstić information content (AvgIpc) is 2.90. The summed E-state index contributed by atoms with van der Waals surface area (Å²) in [5, 5.41) is 4.13. The molecule has 0 aromatic heterocycles. The Labute approximate surface area is 91.6 Å². The Morgan fingerprint density at radius 1 is 1.46 bits per heavy atom. The fraction of sp³-hybridized carbons (Fsp3) is 0.400. The van der Waals surface area contributed by atoms with E-state index >= 15 is 0 Å². The van der Waals surface area contributed by atoms with Crippen molar-refractivity contribution in [1.29, 1.82) is 0 Å². The van der Waals surface area contributed by atoms with Gasteiger partial charge in [0, 0.05) is 10.0 Å². The molecule has 1 aromatic carbocycles. The second-order valence-electron chi connectivity index (χ2n) is 3.46. The Morgan fingerprint density at radius 2 is 2.15 bits per heavy atom. The molecule has 0 amide bonds. The van der Waals surface area contributed by atoms with Gasteiger partial charge in [-0.25, -0.2) is 0 Å². The van der Waals surface area contributed by atoms with Gasteiger partial charge in [-0.2, -0.15) is 0 Å². The first kappa shape index (κ1) is 9.50. The molecule has 3 heteroatoms. The van der Waals surface area contributed by atoms with Crippen molar-refractivity contribution in [2.24, 2.45) is 0 Å². The van der Waals surface area contributed by atoms with E-state index in [-0.39, 0.29) is 5.54 Å². The molecule has 1 aromatic rings. The summed E-state index contributed by atoms with van der Waals surface area (Å²) in [4.78, 5) is 0. The molecule has 0 saturated heterocycles. The van der Waals surface area contributed by atoms with Crippen LogP contribution in [0.5, 0.6) is 0 Å². The van der Waals surface area contributed by atoms with Gasteiger partial charge in [-0.1, -0.05) is 17.7 Å². The van der Waals surface area contributed by atoms with E-state index in [1.165, 1.54) is 18.4 Å². The summed E-state index contributed by atoms with van der Waals surface area (Å²) in [5.74, 6) is 0. The van der Waals surface area contributed by atoms with Crippen LogP contribution in [0.25, 0.3) is 0 Å². The Balaban J connectivity index is 2.37. The van der Waals surface area contributed by atoms with Crippen LogP contribution in [0.4, 0.5) is 0 Å². The molecule has 0 radical (unpaired) electrons. The zero-order valence-electron chi connectivity index (χ0n) is 7.40. The summed E-state index contributed by atoms with van der Waals surface area (Å²) in [7, 11) is 2.01. The number of nitrogens with one attached hydrogen (secondary N) is 1. The van der Waals surface area contributed by atoms with Crippen molar-refractivity contribution in [1.82, 2.24) is 5.32 Å². The van der Waals surface area contributed by atoms with E-state index in [0.29, 0.717) is 0 Å². The van der Waals surface area contributed by atoms with E-state index in [1.54, 1.807) is 0 Å². The van der Waals surface area contributed by atoms with Crippen molar-refractivity contribution in [3.63, 3.8) is 0 Å². The number of benzene rings is 1. The van der Waals surface area contributed by atoms with Gasteiger partial charge in [0.1, 0.15) is 0 Å². The molecule has 0 unspecified atom stereocenters. The highest BCUT2D eigenvalue weighted by Crippen LogP contribution is 2.46. The highest BCUT2D eigenvalue weighted by Gasteiger charge is 2.42. The fourth-order valence-electron chi connectivity index (χ4n) is 1.60. The topological polar surface area (TPSA) is 12.0 Å². The van der Waals surface area contributed by atoms with Crippen molar-refractivity contribution in [2.45, 2.75) is 18.4 Å². The molecule has 1 N–H and O–H groups in total. The summed E-state index contributed by atoms with van der Waals surface area (Å²) in [6.45, 7) is 0. The third-order valence-electron chi connectivity index (χ3n) is 2.70. The zero-order valence-corrected chi connectivity index (χ0v) is 9.74. The maximum absolute atomic E-state index is 5.93. The summed E-state index contributed by atoms with van der Waals surface area (Å²) >= 11 is 9.36. The van der Waals surface area contributed by atoms with Crippen molar-refractivity contribution in [3.05, 3.63) is 33.3 Å². The molecule has 0 spiro atoms. The number of hydrogen-bond donors (Lipinski definition) is 1. The highest BCUT2D eigenvalue weighted by molar-refractivity contribution is 9.10. The lowest BCUT2D eigenvalue weighted by Crippen LogP contribution is -2.24. The maximum atomic E-state index is 5.93. The van der Waals surface area contributed by atoms with Crippen LogP contribution in [0.3, 0.4) is 0 Å². The van der Waals surface area contributed by atoms with Crippen molar-refractivity contribution in [2.75, 3.05) is 7.05 Å². The van der Waals surface area contributed by atoms with Crippen LogP contribution in [-0.4, -0.2) is 7.05 Å². The maximum Gasteiger partial charge on any atom is 0.0548 e. The van der Waals surface area contributed by atoms with Gasteiger partial charge in [-0.3, -0.25) is 0 Å². The third-order valence-corrected chi connectivity index (χ3v) is 3.91. The molecule has 1 fully saturated rings. The van der Waals surface area contributed by atoms with Crippen molar-refractivity contribution >= 4 is 27.5 Å². The van der Waals surface area contributed by atoms with Gasteiger partial charge in [0.05, 0.1) is 5.02 Å². The van der Waals surface area contributed by atoms with Crippen LogP contribution >= 0.6 is 27.5 Å². The van der Waals surface area contributed by atoms with Gasteiger partial charge >= 0.3 is 0 Å². The van der Waals surface area contributed by atoms with E-state index in [0.717, 1.165) is 9.50 Å². The predicted octanol–water partition coefficient (Wildman–Crippen LogP) is 3.31. The normalized spacial score (nSPS) is 18.7. The molecule has 1 saturated carbocycles. The summed E-state index contributed by atoms with van der Waals surface area (Å²) < 4.78 is 0.980. The van der Waals surface area contributed by atoms with Crippen molar-refractivity contribution in [3.8, 4) is 0 Å². The first-order valence-corrected chi connectivity index (χ1v) is 5.49. The molecule has 0 bridgehead atoms. The minimum absolute atomic E-state index is 0.229. The first-order chi connectivity index (χ1) is 6.18. The lowest BCUT2D eigenvalue weighted by molar-refractivity contribution is 0.585. The quantitative estimate of drug-likeness (QED) is 0.860. The minimum Gasteiger partial charge on any atom is -0.310 e. The molecule has 2 rings (SSSR count). The lowest BCUT2D eigenvalue weighted by atomic mass is 10.1. The van der Waals surface area contributed by atoms with Crippen LogP contribution in [0.15, 0.2) is 22.7 Å². The van der Waals surface area contributed by atoms with E-state index in [4.69, 9.17) is 11.6 Å². The average molecular weight is 261 g/mol. The predicted molar refractivity (Wildman–Crippen MR) is 59.1 cm³/mol.